The Balaban J connectivity index is 2.13. The number of aryl methyl sites for hydroxylation is 2. The lowest BCUT2D eigenvalue weighted by Crippen LogP contribution is -2.11. The average molecular weight is 295 g/mol. The third-order valence-corrected chi connectivity index (χ3v) is 2.94. The van der Waals surface area contributed by atoms with Gasteiger partial charge in [-0.25, -0.2) is 13.6 Å². The van der Waals surface area contributed by atoms with Crippen molar-refractivity contribution in [2.45, 2.75) is 27.0 Å². The Kier molecular flexibility index (Phi) is 4.21. The van der Waals surface area contributed by atoms with Crippen LogP contribution in [-0.4, -0.2) is 15.7 Å². The molecular weight excluding hydrogens is 280 g/mol. The number of halogens is 2. The molecule has 0 aliphatic carbocycles. The number of hydrogen-bond donors (Lipinski definition) is 1. The van der Waals surface area contributed by atoms with E-state index >= 15 is 0 Å². The monoisotopic (exact) mass is 295 g/mol. The first kappa shape index (κ1) is 15.0. The molecule has 0 unspecified atom stereocenters. The summed E-state index contributed by atoms with van der Waals surface area (Å²) < 4.78 is 33.6. The van der Waals surface area contributed by atoms with Gasteiger partial charge in [-0.3, -0.25) is 4.68 Å². The molecule has 0 saturated carbocycles. The quantitative estimate of drug-likeness (QED) is 0.694. The van der Waals surface area contributed by atoms with Gasteiger partial charge in [0.1, 0.15) is 18.2 Å². The van der Waals surface area contributed by atoms with E-state index in [9.17, 15) is 13.6 Å². The van der Waals surface area contributed by atoms with E-state index in [1.54, 1.807) is 10.7 Å². The van der Waals surface area contributed by atoms with E-state index in [4.69, 9.17) is 10.5 Å². The summed E-state index contributed by atoms with van der Waals surface area (Å²) in [7, 11) is 0. The average Bonchev–Trinajstić information content (AvgIpc) is 2.80. The molecule has 1 heterocycles. The van der Waals surface area contributed by atoms with Crippen molar-refractivity contribution in [1.82, 2.24) is 9.78 Å². The molecule has 0 aliphatic rings. The third kappa shape index (κ3) is 3.18. The third-order valence-electron chi connectivity index (χ3n) is 2.94. The molecular formula is C14H15F2N3O2. The van der Waals surface area contributed by atoms with Crippen LogP contribution in [0.5, 0.6) is 0 Å². The number of nitrogens with two attached hydrogens (primary N) is 1. The van der Waals surface area contributed by atoms with Gasteiger partial charge in [-0.2, -0.15) is 5.10 Å². The van der Waals surface area contributed by atoms with Gasteiger partial charge in [0.25, 0.3) is 0 Å². The number of rotatable bonds is 4. The van der Waals surface area contributed by atoms with Crippen LogP contribution in [0.4, 0.5) is 14.5 Å². The second kappa shape index (κ2) is 5.90. The van der Waals surface area contributed by atoms with Crippen molar-refractivity contribution in [3.05, 3.63) is 46.8 Å². The lowest BCUT2D eigenvalue weighted by atomic mass is 10.2. The van der Waals surface area contributed by atoms with Gasteiger partial charge in [0.15, 0.2) is 0 Å². The summed E-state index contributed by atoms with van der Waals surface area (Å²) in [6.07, 6.45) is 0. The van der Waals surface area contributed by atoms with Crippen molar-refractivity contribution in [3.8, 4) is 0 Å². The Morgan fingerprint density at radius 1 is 1.33 bits per heavy atom. The summed E-state index contributed by atoms with van der Waals surface area (Å²) in [6, 6.07) is 3.25. The Morgan fingerprint density at radius 3 is 2.71 bits per heavy atom. The molecule has 0 atom stereocenters. The first-order valence-electron chi connectivity index (χ1n) is 6.37. The number of aromatic nitrogens is 2. The molecule has 21 heavy (non-hydrogen) atoms. The molecule has 0 radical (unpaired) electrons. The second-order valence-electron chi connectivity index (χ2n) is 4.52. The van der Waals surface area contributed by atoms with Gasteiger partial charge in [0, 0.05) is 12.6 Å². The maximum absolute atomic E-state index is 13.6. The van der Waals surface area contributed by atoms with Crippen LogP contribution >= 0.6 is 0 Å². The van der Waals surface area contributed by atoms with Crippen molar-refractivity contribution in [3.63, 3.8) is 0 Å². The van der Waals surface area contributed by atoms with E-state index in [1.165, 1.54) is 0 Å². The Labute approximate surface area is 120 Å². The van der Waals surface area contributed by atoms with E-state index in [2.05, 4.69) is 5.10 Å². The summed E-state index contributed by atoms with van der Waals surface area (Å²) in [5.74, 6) is -2.73. The van der Waals surface area contributed by atoms with Crippen LogP contribution in [0.25, 0.3) is 0 Å². The fourth-order valence-corrected chi connectivity index (χ4v) is 1.92. The maximum atomic E-state index is 13.6. The van der Waals surface area contributed by atoms with E-state index in [1.807, 2.05) is 13.8 Å². The molecule has 2 N–H and O–H groups in total. The van der Waals surface area contributed by atoms with Crippen molar-refractivity contribution in [2.24, 2.45) is 0 Å². The predicted octanol–water partition coefficient (Wildman–Crippen LogP) is 2.43. The smallest absolute Gasteiger partial charge is 0.341 e. The highest BCUT2D eigenvalue weighted by atomic mass is 19.1. The fraction of sp³-hybridized carbons (Fsp3) is 0.286. The molecule has 0 aliphatic heterocycles. The normalized spacial score (nSPS) is 10.7. The molecule has 112 valence electrons. The van der Waals surface area contributed by atoms with Crippen LogP contribution in [0.3, 0.4) is 0 Å². The van der Waals surface area contributed by atoms with Gasteiger partial charge in [0.05, 0.1) is 22.6 Å². The summed E-state index contributed by atoms with van der Waals surface area (Å²) in [6.45, 7) is 4.25. The number of esters is 1. The van der Waals surface area contributed by atoms with Crippen molar-refractivity contribution >= 4 is 11.7 Å². The number of nitrogen functional groups attached to an aromatic ring is 1. The van der Waals surface area contributed by atoms with E-state index in [-0.39, 0.29) is 12.3 Å². The largest absolute Gasteiger partial charge is 0.456 e. The molecule has 0 saturated heterocycles. The molecule has 0 spiro atoms. The number of carbonyl (C=O) groups excluding carboxylic acids is 1. The summed E-state index contributed by atoms with van der Waals surface area (Å²) in [5, 5.41) is 4.20. The van der Waals surface area contributed by atoms with Crippen LogP contribution in [0.15, 0.2) is 18.2 Å². The van der Waals surface area contributed by atoms with Crippen LogP contribution < -0.4 is 5.73 Å². The minimum Gasteiger partial charge on any atom is -0.456 e. The topological polar surface area (TPSA) is 70.1 Å². The van der Waals surface area contributed by atoms with Gasteiger partial charge in [0.2, 0.25) is 0 Å². The van der Waals surface area contributed by atoms with Gasteiger partial charge in [-0.05, 0) is 26.0 Å². The highest BCUT2D eigenvalue weighted by Gasteiger charge is 2.17. The number of ether oxygens (including phenoxy) is 1. The van der Waals surface area contributed by atoms with Gasteiger partial charge >= 0.3 is 5.97 Å². The van der Waals surface area contributed by atoms with E-state index in [0.29, 0.717) is 12.2 Å². The number of benzene rings is 1. The molecule has 2 aromatic rings. The highest BCUT2D eigenvalue weighted by Crippen LogP contribution is 2.18. The number of anilines is 1. The first-order chi connectivity index (χ1) is 9.92. The van der Waals surface area contributed by atoms with Gasteiger partial charge < -0.3 is 10.5 Å². The molecule has 1 aromatic carbocycles. The Morgan fingerprint density at radius 2 is 2.05 bits per heavy atom. The molecule has 7 heteroatoms. The van der Waals surface area contributed by atoms with Crippen molar-refractivity contribution in [1.29, 1.82) is 0 Å². The second-order valence-corrected chi connectivity index (χ2v) is 4.52. The van der Waals surface area contributed by atoms with Crippen LogP contribution in [0.1, 0.15) is 28.7 Å². The summed E-state index contributed by atoms with van der Waals surface area (Å²) in [4.78, 5) is 11.8. The predicted molar refractivity (Wildman–Crippen MR) is 72.5 cm³/mol. The molecule has 5 nitrogen and oxygen atoms in total. The fourth-order valence-electron chi connectivity index (χ4n) is 1.92. The standard InChI is InChI=1S/C14H15F2N3O2/c1-3-19-9(4-8(2)18-19)7-21-14(20)10-5-12(16)13(17)6-11(10)15/h4-6H,3,7,17H2,1-2H3. The van der Waals surface area contributed by atoms with Gasteiger partial charge in [-0.1, -0.05) is 0 Å². The Hall–Kier alpha value is -2.44. The van der Waals surface area contributed by atoms with Crippen LogP contribution in [0.2, 0.25) is 0 Å². The minimum absolute atomic E-state index is 0.0705. The SMILES string of the molecule is CCn1nc(C)cc1COC(=O)c1cc(F)c(N)cc1F. The lowest BCUT2D eigenvalue weighted by molar-refractivity contribution is 0.0456. The molecule has 2 rings (SSSR count). The zero-order valence-electron chi connectivity index (χ0n) is 11.7. The van der Waals surface area contributed by atoms with Gasteiger partial charge in [-0.15, -0.1) is 0 Å². The van der Waals surface area contributed by atoms with Crippen molar-refractivity contribution < 1.29 is 18.3 Å². The van der Waals surface area contributed by atoms with Crippen LogP contribution in [-0.2, 0) is 17.9 Å². The zero-order valence-corrected chi connectivity index (χ0v) is 11.7. The molecule has 0 bridgehead atoms. The van der Waals surface area contributed by atoms with E-state index in [0.717, 1.165) is 17.8 Å². The minimum atomic E-state index is -0.951. The van der Waals surface area contributed by atoms with Crippen LogP contribution in [0, 0.1) is 18.6 Å². The summed E-state index contributed by atoms with van der Waals surface area (Å²) >= 11 is 0. The maximum Gasteiger partial charge on any atom is 0.341 e. The lowest BCUT2D eigenvalue weighted by Gasteiger charge is -2.08. The molecule has 0 fully saturated rings. The van der Waals surface area contributed by atoms with E-state index < -0.39 is 23.2 Å². The Bertz CT molecular complexity index is 683. The van der Waals surface area contributed by atoms with Crippen molar-refractivity contribution in [2.75, 3.05) is 5.73 Å². The highest BCUT2D eigenvalue weighted by molar-refractivity contribution is 5.90. The molecule has 0 amide bonds. The molecule has 1 aromatic heterocycles. The first-order valence-corrected chi connectivity index (χ1v) is 6.37. The summed E-state index contributed by atoms with van der Waals surface area (Å²) in [5.41, 5.74) is 5.84. The number of hydrogen-bond acceptors (Lipinski definition) is 4. The number of nitrogens with zero attached hydrogens (tertiary/aromatic N) is 2. The number of carbonyl (C=O) groups is 1. The zero-order chi connectivity index (χ0) is 15.6.